The number of fused-ring (bicyclic) bond motifs is 3. The van der Waals surface area contributed by atoms with Crippen LogP contribution in [-0.4, -0.2) is 9.97 Å². The summed E-state index contributed by atoms with van der Waals surface area (Å²) < 4.78 is 20.7. The molecule has 4 nitrogen and oxygen atoms in total. The first-order valence-electron chi connectivity index (χ1n) is 11.4. The fourth-order valence-electron chi connectivity index (χ4n) is 4.43. The zero-order valence-electron chi connectivity index (χ0n) is 19.6. The minimum Gasteiger partial charge on any atom is -0.460 e. The van der Waals surface area contributed by atoms with Gasteiger partial charge in [-0.15, -0.1) is 18.2 Å². The standard InChI is InChI=1S/C30H21N2O2P.Pt/c1-20-14-15-31-29(16-20)34-24-7-5-6-22(17-24)23-11-12-26-25-8-3-4-9-27(25)35(33,28(26)18-23)30-13-10-21(2)19-32-30;/h3-16,19H,1-2H3;/q-2;+2. The Bertz CT molecular complexity index is 1630. The largest absolute Gasteiger partial charge is 2.00 e. The van der Waals surface area contributed by atoms with Gasteiger partial charge < -0.3 is 9.30 Å². The summed E-state index contributed by atoms with van der Waals surface area (Å²) in [6.07, 6.45) is 3.49. The van der Waals surface area contributed by atoms with Gasteiger partial charge in [0.2, 0.25) is 5.88 Å². The maximum absolute atomic E-state index is 14.8. The molecule has 1 atom stereocenters. The van der Waals surface area contributed by atoms with E-state index in [1.807, 2.05) is 92.7 Å². The molecule has 178 valence electrons. The third-order valence-corrected chi connectivity index (χ3v) is 9.12. The van der Waals surface area contributed by atoms with E-state index in [4.69, 9.17) is 4.74 Å². The molecule has 0 spiro atoms. The van der Waals surface area contributed by atoms with E-state index in [9.17, 15) is 4.57 Å². The predicted octanol–water partition coefficient (Wildman–Crippen LogP) is 5.77. The van der Waals surface area contributed by atoms with Crippen LogP contribution < -0.4 is 20.8 Å². The van der Waals surface area contributed by atoms with Crippen LogP contribution in [0.2, 0.25) is 0 Å². The smallest absolute Gasteiger partial charge is 0.460 e. The maximum Gasteiger partial charge on any atom is 2.00 e. The quantitative estimate of drug-likeness (QED) is 0.177. The molecule has 36 heavy (non-hydrogen) atoms. The Morgan fingerprint density at radius 2 is 1.61 bits per heavy atom. The molecule has 0 fully saturated rings. The van der Waals surface area contributed by atoms with E-state index >= 15 is 0 Å². The Kier molecular flexibility index (Phi) is 6.51. The van der Waals surface area contributed by atoms with Crippen LogP contribution in [0.3, 0.4) is 0 Å². The molecular weight excluding hydrogens is 646 g/mol. The topological polar surface area (TPSA) is 52.1 Å². The minimum atomic E-state index is -3.16. The average molecular weight is 668 g/mol. The van der Waals surface area contributed by atoms with E-state index in [1.165, 1.54) is 0 Å². The normalized spacial score (nSPS) is 15.5. The van der Waals surface area contributed by atoms with Crippen LogP contribution in [0.4, 0.5) is 0 Å². The maximum atomic E-state index is 14.8. The summed E-state index contributed by atoms with van der Waals surface area (Å²) in [6.45, 7) is 3.97. The van der Waals surface area contributed by atoms with Gasteiger partial charge in [0.25, 0.3) is 0 Å². The summed E-state index contributed by atoms with van der Waals surface area (Å²) in [6, 6.07) is 32.0. The van der Waals surface area contributed by atoms with Crippen LogP contribution in [0.5, 0.6) is 11.6 Å². The van der Waals surface area contributed by atoms with Gasteiger partial charge in [-0.2, -0.15) is 24.3 Å². The van der Waals surface area contributed by atoms with Crippen LogP contribution in [-0.2, 0) is 25.6 Å². The fraction of sp³-hybridized carbons (Fsp3) is 0.0667. The molecule has 0 amide bonds. The van der Waals surface area contributed by atoms with E-state index in [0.29, 0.717) is 22.4 Å². The van der Waals surface area contributed by atoms with Crippen LogP contribution >= 0.6 is 7.14 Å². The number of rotatable bonds is 4. The summed E-state index contributed by atoms with van der Waals surface area (Å²) in [7, 11) is -3.16. The first-order valence-corrected chi connectivity index (χ1v) is 13.1. The summed E-state index contributed by atoms with van der Waals surface area (Å²) in [5, 5.41) is 1.50. The second kappa shape index (κ2) is 9.62. The third-order valence-electron chi connectivity index (χ3n) is 6.16. The van der Waals surface area contributed by atoms with Gasteiger partial charge >= 0.3 is 21.1 Å². The van der Waals surface area contributed by atoms with Crippen molar-refractivity contribution in [2.24, 2.45) is 0 Å². The van der Waals surface area contributed by atoms with Crippen molar-refractivity contribution in [3.8, 4) is 33.9 Å². The SMILES string of the molecule is Cc1ccc(P2(=O)c3[c-]c(-c4[c-]c(Oc5cc(C)ccn5)ccc4)ccc3-c3ccccc32)nc1.[Pt+2]. The van der Waals surface area contributed by atoms with Crippen molar-refractivity contribution < 1.29 is 30.4 Å². The average Bonchev–Trinajstić information content (AvgIpc) is 3.14. The van der Waals surface area contributed by atoms with Gasteiger partial charge in [-0.05, 0) is 42.7 Å². The van der Waals surface area contributed by atoms with Gasteiger partial charge in [0.15, 0.2) is 7.14 Å². The number of hydrogen-bond acceptors (Lipinski definition) is 4. The Labute approximate surface area is 225 Å². The van der Waals surface area contributed by atoms with Crippen molar-refractivity contribution in [1.82, 2.24) is 9.97 Å². The predicted molar refractivity (Wildman–Crippen MR) is 140 cm³/mol. The summed E-state index contributed by atoms with van der Waals surface area (Å²) in [5.41, 5.74) is 6.19. The molecule has 0 aliphatic carbocycles. The van der Waals surface area contributed by atoms with Crippen LogP contribution in [0.25, 0.3) is 22.3 Å². The third kappa shape index (κ3) is 4.15. The molecule has 0 bridgehead atoms. The number of pyridine rings is 2. The first-order chi connectivity index (χ1) is 17.0. The van der Waals surface area contributed by atoms with Gasteiger partial charge in [0.1, 0.15) is 5.44 Å². The van der Waals surface area contributed by atoms with Crippen molar-refractivity contribution in [3.63, 3.8) is 0 Å². The molecule has 0 radical (unpaired) electrons. The molecule has 0 N–H and O–H groups in total. The molecule has 1 aliphatic heterocycles. The van der Waals surface area contributed by atoms with Crippen molar-refractivity contribution in [1.29, 1.82) is 0 Å². The number of ether oxygens (including phenoxy) is 1. The number of aryl methyl sites for hydroxylation is 2. The monoisotopic (exact) mass is 667 g/mol. The molecular formula is C30H21N2O2PPt. The number of benzene rings is 3. The zero-order valence-corrected chi connectivity index (χ0v) is 22.8. The number of hydrogen-bond donors (Lipinski definition) is 0. The second-order valence-corrected chi connectivity index (χ2v) is 11.3. The van der Waals surface area contributed by atoms with E-state index in [-0.39, 0.29) is 21.1 Å². The fourth-order valence-corrected chi connectivity index (χ4v) is 7.29. The van der Waals surface area contributed by atoms with E-state index < -0.39 is 7.14 Å². The number of nitrogens with zero attached hydrogens (tertiary/aromatic N) is 2. The van der Waals surface area contributed by atoms with Crippen LogP contribution in [0.15, 0.2) is 91.3 Å². The molecule has 6 rings (SSSR count). The van der Waals surface area contributed by atoms with E-state index in [0.717, 1.165) is 38.7 Å². The zero-order chi connectivity index (χ0) is 24.0. The van der Waals surface area contributed by atoms with Crippen molar-refractivity contribution in [2.45, 2.75) is 13.8 Å². The van der Waals surface area contributed by atoms with Crippen molar-refractivity contribution in [2.75, 3.05) is 0 Å². The molecule has 5 aromatic rings. The Morgan fingerprint density at radius 3 is 2.42 bits per heavy atom. The van der Waals surface area contributed by atoms with Crippen LogP contribution in [0.1, 0.15) is 11.1 Å². The van der Waals surface area contributed by atoms with Gasteiger partial charge in [-0.25, -0.2) is 16.1 Å². The molecule has 2 aromatic heterocycles. The van der Waals surface area contributed by atoms with E-state index in [2.05, 4.69) is 22.1 Å². The molecule has 0 saturated carbocycles. The molecule has 0 saturated heterocycles. The summed E-state index contributed by atoms with van der Waals surface area (Å²) in [5.74, 6) is 1.07. The molecule has 3 heterocycles. The molecule has 1 unspecified atom stereocenters. The number of aromatic nitrogens is 2. The summed E-state index contributed by atoms with van der Waals surface area (Å²) >= 11 is 0. The van der Waals surface area contributed by atoms with Gasteiger partial charge in [-0.3, -0.25) is 4.98 Å². The van der Waals surface area contributed by atoms with Gasteiger partial charge in [0, 0.05) is 29.5 Å². The molecule has 6 heteroatoms. The van der Waals surface area contributed by atoms with Gasteiger partial charge in [0.05, 0.1) is 0 Å². The minimum absolute atomic E-state index is 0. The first kappa shape index (κ1) is 24.4. The Morgan fingerprint density at radius 1 is 0.778 bits per heavy atom. The Balaban J connectivity index is 0.00000267. The van der Waals surface area contributed by atoms with Crippen molar-refractivity contribution in [3.05, 3.63) is 115 Å². The Hall–Kier alpha value is -3.32. The van der Waals surface area contributed by atoms with Crippen LogP contribution in [0, 0.1) is 26.0 Å². The summed E-state index contributed by atoms with van der Waals surface area (Å²) in [4.78, 5) is 8.85. The van der Waals surface area contributed by atoms with Gasteiger partial charge in [-0.1, -0.05) is 41.2 Å². The second-order valence-electron chi connectivity index (χ2n) is 8.66. The molecule has 1 aliphatic rings. The van der Waals surface area contributed by atoms with Crippen molar-refractivity contribution >= 4 is 23.2 Å². The van der Waals surface area contributed by atoms with E-state index in [1.54, 1.807) is 12.4 Å². The molecule has 3 aromatic carbocycles.